The lowest BCUT2D eigenvalue weighted by atomic mass is 9.92. The van der Waals surface area contributed by atoms with Crippen molar-refractivity contribution in [2.45, 2.75) is 32.7 Å². The first-order chi connectivity index (χ1) is 12.3. The second kappa shape index (κ2) is 5.99. The van der Waals surface area contributed by atoms with Crippen LogP contribution in [0.5, 0.6) is 0 Å². The van der Waals surface area contributed by atoms with Gasteiger partial charge in [-0.15, -0.1) is 0 Å². The van der Waals surface area contributed by atoms with Crippen LogP contribution in [0.15, 0.2) is 59.4 Å². The van der Waals surface area contributed by atoms with Crippen molar-refractivity contribution >= 4 is 28.4 Å². The summed E-state index contributed by atoms with van der Waals surface area (Å²) >= 11 is 6.01. The first-order valence-electron chi connectivity index (χ1n) is 8.60. The van der Waals surface area contributed by atoms with Gasteiger partial charge in [0.25, 0.3) is 5.56 Å². The highest BCUT2D eigenvalue weighted by molar-refractivity contribution is 6.30. The van der Waals surface area contributed by atoms with Crippen LogP contribution in [-0.2, 0) is 12.0 Å². The van der Waals surface area contributed by atoms with Crippen molar-refractivity contribution in [1.29, 1.82) is 0 Å². The topological polar surface area (TPSA) is 39.3 Å². The molecule has 0 fully saturated rings. The Morgan fingerprint density at radius 2 is 1.65 bits per heavy atom. The third kappa shape index (κ3) is 2.80. The molecule has 26 heavy (non-hydrogen) atoms. The number of hydrogen-bond donors (Lipinski definition) is 0. The van der Waals surface area contributed by atoms with Crippen LogP contribution in [0.2, 0.25) is 5.02 Å². The molecule has 0 bridgehead atoms. The summed E-state index contributed by atoms with van der Waals surface area (Å²) in [5.41, 5.74) is 3.50. The largest absolute Gasteiger partial charge is 0.305 e. The van der Waals surface area contributed by atoms with Crippen molar-refractivity contribution in [3.8, 4) is 0 Å². The summed E-state index contributed by atoms with van der Waals surface area (Å²) in [7, 11) is 0. The van der Waals surface area contributed by atoms with Crippen LogP contribution in [0, 0.1) is 0 Å². The molecule has 2 aromatic carbocycles. The Bertz CT molecular complexity index is 1160. The number of benzene rings is 2. The van der Waals surface area contributed by atoms with Crippen LogP contribution >= 0.6 is 11.6 Å². The maximum absolute atomic E-state index is 12.9. The number of aromatic nitrogens is 3. The first kappa shape index (κ1) is 16.9. The molecule has 2 aromatic heterocycles. The first-order valence-corrected chi connectivity index (χ1v) is 8.98. The second-order valence-electron chi connectivity index (χ2n) is 7.57. The van der Waals surface area contributed by atoms with E-state index in [-0.39, 0.29) is 11.0 Å². The maximum Gasteiger partial charge on any atom is 0.259 e. The molecule has 4 nitrogen and oxygen atoms in total. The van der Waals surface area contributed by atoms with Crippen LogP contribution in [0.3, 0.4) is 0 Å². The Balaban J connectivity index is 2.03. The lowest BCUT2D eigenvalue weighted by Crippen LogP contribution is -2.22. The van der Waals surface area contributed by atoms with Gasteiger partial charge in [-0.25, -0.2) is 9.38 Å². The molecule has 0 atom stereocenters. The summed E-state index contributed by atoms with van der Waals surface area (Å²) in [6, 6.07) is 17.3. The molecule has 0 aliphatic rings. The molecule has 4 rings (SSSR count). The average molecular weight is 366 g/mol. The van der Waals surface area contributed by atoms with Crippen LogP contribution < -0.4 is 5.56 Å². The molecule has 4 aromatic rings. The standard InChI is InChI=1S/C21H20ClN3O/c1-21(2,3)18-12-19(26)25-17-7-5-4-6-16(17)24(20(25)23-18)13-14-8-10-15(22)11-9-14/h4-12H,13H2,1-3H3. The van der Waals surface area contributed by atoms with Crippen LogP contribution in [0.4, 0.5) is 0 Å². The van der Waals surface area contributed by atoms with Gasteiger partial charge >= 0.3 is 0 Å². The number of fused-ring (bicyclic) bond motifs is 3. The highest BCUT2D eigenvalue weighted by atomic mass is 35.5. The minimum Gasteiger partial charge on any atom is -0.305 e. The fourth-order valence-corrected chi connectivity index (χ4v) is 3.31. The van der Waals surface area contributed by atoms with E-state index in [1.165, 1.54) is 0 Å². The summed E-state index contributed by atoms with van der Waals surface area (Å²) in [5, 5.41) is 0.709. The molecule has 2 heterocycles. The quantitative estimate of drug-likeness (QED) is 0.518. The smallest absolute Gasteiger partial charge is 0.259 e. The maximum atomic E-state index is 12.9. The van der Waals surface area contributed by atoms with Crippen molar-refractivity contribution in [1.82, 2.24) is 14.0 Å². The highest BCUT2D eigenvalue weighted by Gasteiger charge is 2.20. The van der Waals surface area contributed by atoms with E-state index in [9.17, 15) is 4.79 Å². The van der Waals surface area contributed by atoms with Gasteiger partial charge in [-0.05, 0) is 29.8 Å². The zero-order valence-electron chi connectivity index (χ0n) is 15.0. The lowest BCUT2D eigenvalue weighted by molar-refractivity contribution is 0.566. The molecule has 0 saturated carbocycles. The number of imidazole rings is 1. The van der Waals surface area contributed by atoms with Crippen molar-refractivity contribution in [3.63, 3.8) is 0 Å². The number of para-hydroxylation sites is 2. The molecular formula is C21H20ClN3O. The lowest BCUT2D eigenvalue weighted by Gasteiger charge is -2.17. The third-order valence-electron chi connectivity index (χ3n) is 4.58. The summed E-state index contributed by atoms with van der Waals surface area (Å²) in [6.45, 7) is 6.82. The molecule has 0 amide bonds. The van der Waals surface area contributed by atoms with Crippen molar-refractivity contribution in [3.05, 3.63) is 81.2 Å². The third-order valence-corrected chi connectivity index (χ3v) is 4.83. The molecule has 0 saturated heterocycles. The normalized spacial score (nSPS) is 12.2. The highest BCUT2D eigenvalue weighted by Crippen LogP contribution is 2.24. The van der Waals surface area contributed by atoms with Crippen LogP contribution in [-0.4, -0.2) is 14.0 Å². The van der Waals surface area contributed by atoms with E-state index < -0.39 is 0 Å². The van der Waals surface area contributed by atoms with E-state index in [4.69, 9.17) is 16.6 Å². The SMILES string of the molecule is CC(C)(C)c1cc(=O)n2c3ccccc3n(Cc3ccc(Cl)cc3)c2n1. The monoisotopic (exact) mass is 365 g/mol. The number of nitrogens with zero attached hydrogens (tertiary/aromatic N) is 3. The van der Waals surface area contributed by atoms with E-state index in [0.29, 0.717) is 17.3 Å². The van der Waals surface area contributed by atoms with Crippen molar-refractivity contribution < 1.29 is 0 Å². The van der Waals surface area contributed by atoms with Gasteiger partial charge in [-0.1, -0.05) is 56.6 Å². The van der Waals surface area contributed by atoms with E-state index in [0.717, 1.165) is 22.3 Å². The molecule has 0 spiro atoms. The molecule has 132 valence electrons. The molecule has 0 radical (unpaired) electrons. The van der Waals surface area contributed by atoms with Crippen molar-refractivity contribution in [2.24, 2.45) is 0 Å². The Kier molecular flexibility index (Phi) is 3.88. The predicted molar refractivity (Wildman–Crippen MR) is 106 cm³/mol. The van der Waals surface area contributed by atoms with Gasteiger partial charge in [0.2, 0.25) is 5.78 Å². The van der Waals surface area contributed by atoms with Crippen molar-refractivity contribution in [2.75, 3.05) is 0 Å². The Morgan fingerprint density at radius 1 is 1.00 bits per heavy atom. The van der Waals surface area contributed by atoms with E-state index in [1.54, 1.807) is 10.5 Å². The summed E-state index contributed by atoms with van der Waals surface area (Å²) < 4.78 is 3.79. The van der Waals surface area contributed by atoms with Gasteiger partial charge in [0.05, 0.1) is 23.3 Å². The predicted octanol–water partition coefficient (Wildman–Crippen LogP) is 4.65. The van der Waals surface area contributed by atoms with Gasteiger partial charge in [0.15, 0.2) is 0 Å². The van der Waals surface area contributed by atoms with Crippen LogP contribution in [0.25, 0.3) is 16.8 Å². The van der Waals surface area contributed by atoms with Gasteiger partial charge in [-0.3, -0.25) is 4.79 Å². The Hall–Kier alpha value is -2.59. The zero-order chi connectivity index (χ0) is 18.5. The second-order valence-corrected chi connectivity index (χ2v) is 8.00. The number of rotatable bonds is 2. The summed E-state index contributed by atoms with van der Waals surface area (Å²) in [5.74, 6) is 0.665. The minimum absolute atomic E-state index is 0.0500. The Morgan fingerprint density at radius 3 is 2.31 bits per heavy atom. The number of halogens is 1. The fourth-order valence-electron chi connectivity index (χ4n) is 3.18. The summed E-state index contributed by atoms with van der Waals surface area (Å²) in [4.78, 5) is 17.7. The molecule has 0 unspecified atom stereocenters. The molecule has 5 heteroatoms. The van der Waals surface area contributed by atoms with E-state index in [1.807, 2.05) is 48.5 Å². The van der Waals surface area contributed by atoms with Gasteiger partial charge < -0.3 is 4.57 Å². The molecular weight excluding hydrogens is 346 g/mol. The minimum atomic E-state index is -0.199. The Labute approximate surface area is 156 Å². The van der Waals surface area contributed by atoms with Crippen LogP contribution in [0.1, 0.15) is 32.0 Å². The molecule has 0 aliphatic carbocycles. The molecule has 0 aliphatic heterocycles. The van der Waals surface area contributed by atoms with E-state index in [2.05, 4.69) is 25.3 Å². The summed E-state index contributed by atoms with van der Waals surface area (Å²) in [6.07, 6.45) is 0. The van der Waals surface area contributed by atoms with E-state index >= 15 is 0 Å². The average Bonchev–Trinajstić information content (AvgIpc) is 2.91. The number of hydrogen-bond acceptors (Lipinski definition) is 2. The fraction of sp³-hybridized carbons (Fsp3) is 0.238. The zero-order valence-corrected chi connectivity index (χ0v) is 15.8. The van der Waals surface area contributed by atoms with Gasteiger partial charge in [0, 0.05) is 16.5 Å². The van der Waals surface area contributed by atoms with Gasteiger partial charge in [0.1, 0.15) is 0 Å². The van der Waals surface area contributed by atoms with Gasteiger partial charge in [-0.2, -0.15) is 0 Å². The molecule has 0 N–H and O–H groups in total.